The number of rotatable bonds is 0. The van der Waals surface area contributed by atoms with E-state index < -0.39 is 0 Å². The van der Waals surface area contributed by atoms with Gasteiger partial charge in [-0.15, -0.1) is 4.52 Å². The zero-order valence-corrected chi connectivity index (χ0v) is 7.56. The summed E-state index contributed by atoms with van der Waals surface area (Å²) in [5.74, 6) is 0.727. The molecule has 0 aliphatic heterocycles. The Morgan fingerprint density at radius 2 is 2.27 bits per heavy atom. The first-order valence-electron chi connectivity index (χ1n) is 3.02. The van der Waals surface area contributed by atoms with Crippen LogP contribution in [0.4, 0.5) is 0 Å². The van der Waals surface area contributed by atoms with E-state index in [1.165, 1.54) is 0 Å². The summed E-state index contributed by atoms with van der Waals surface area (Å²) in [4.78, 5) is 8.07. The number of aryl methyl sites for hydroxylation is 1. The molecule has 0 unspecified atom stereocenters. The van der Waals surface area contributed by atoms with Gasteiger partial charge in [0.1, 0.15) is 7.05 Å². The predicted octanol–water partition coefficient (Wildman–Crippen LogP) is -3.44. The lowest BCUT2D eigenvalue weighted by Crippen LogP contribution is -3.00. The Kier molecular flexibility index (Phi) is 2.19. The molecule has 0 saturated heterocycles. The van der Waals surface area contributed by atoms with Gasteiger partial charge in [-0.25, -0.2) is 0 Å². The lowest BCUT2D eigenvalue weighted by Gasteiger charge is -1.85. The Balaban J connectivity index is 0.000000605. The van der Waals surface area contributed by atoms with Crippen molar-refractivity contribution in [1.29, 1.82) is 0 Å². The highest BCUT2D eigenvalue weighted by Gasteiger charge is 2.03. The van der Waals surface area contributed by atoms with Gasteiger partial charge >= 0.3 is 12.1 Å². The quantitative estimate of drug-likeness (QED) is 0.428. The summed E-state index contributed by atoms with van der Waals surface area (Å²) in [5, 5.41) is 0. The standard InChI is InChI=1S/C6H7N4.BrH/c1-9-5-8-6-7-3-2-4-10(6)9;/h2-5H,1H3;1H/q+1;/p-1. The largest absolute Gasteiger partial charge is 1.00 e. The van der Waals surface area contributed by atoms with Gasteiger partial charge in [0.15, 0.2) is 0 Å². The second kappa shape index (κ2) is 2.96. The maximum Gasteiger partial charge on any atom is 0.380 e. The van der Waals surface area contributed by atoms with Gasteiger partial charge in [-0.2, -0.15) is 9.67 Å². The number of halogens is 1. The molecule has 0 aromatic carbocycles. The van der Waals surface area contributed by atoms with Crippen LogP contribution >= 0.6 is 0 Å². The lowest BCUT2D eigenvalue weighted by molar-refractivity contribution is -0.739. The zero-order valence-electron chi connectivity index (χ0n) is 5.98. The Hall–Kier alpha value is -0.970. The molecule has 11 heavy (non-hydrogen) atoms. The van der Waals surface area contributed by atoms with Gasteiger partial charge < -0.3 is 17.0 Å². The first-order valence-corrected chi connectivity index (χ1v) is 3.02. The molecule has 2 aromatic rings. The van der Waals surface area contributed by atoms with Crippen molar-refractivity contribution in [3.05, 3.63) is 24.8 Å². The number of nitrogens with zero attached hydrogens (tertiary/aromatic N) is 4. The van der Waals surface area contributed by atoms with Crippen LogP contribution in [0.5, 0.6) is 0 Å². The summed E-state index contributed by atoms with van der Waals surface area (Å²) in [6.07, 6.45) is 5.36. The highest BCUT2D eigenvalue weighted by molar-refractivity contribution is 5.20. The normalized spacial score (nSPS) is 9.55. The molecule has 0 atom stereocenters. The van der Waals surface area contributed by atoms with Crippen LogP contribution in [-0.4, -0.2) is 14.5 Å². The minimum absolute atomic E-state index is 0. The van der Waals surface area contributed by atoms with Crippen LogP contribution in [0, 0.1) is 0 Å². The van der Waals surface area contributed by atoms with Gasteiger partial charge in [-0.3, -0.25) is 0 Å². The van der Waals surface area contributed by atoms with E-state index >= 15 is 0 Å². The molecular weight excluding hydrogens is 208 g/mol. The zero-order chi connectivity index (χ0) is 6.97. The second-order valence-corrected chi connectivity index (χ2v) is 2.08. The van der Waals surface area contributed by atoms with Gasteiger partial charge in [0.2, 0.25) is 0 Å². The first-order chi connectivity index (χ1) is 4.88. The van der Waals surface area contributed by atoms with Crippen LogP contribution in [0.3, 0.4) is 0 Å². The van der Waals surface area contributed by atoms with Crippen molar-refractivity contribution in [3.63, 3.8) is 0 Å². The van der Waals surface area contributed by atoms with E-state index in [0.29, 0.717) is 0 Å². The summed E-state index contributed by atoms with van der Waals surface area (Å²) in [6.45, 7) is 0. The summed E-state index contributed by atoms with van der Waals surface area (Å²) in [6, 6.07) is 1.87. The number of fused-ring (bicyclic) bond motifs is 1. The number of hydrogen-bond acceptors (Lipinski definition) is 2. The van der Waals surface area contributed by atoms with Gasteiger partial charge in [0.25, 0.3) is 0 Å². The maximum atomic E-state index is 4.03. The first kappa shape index (κ1) is 8.13. The third-order valence-corrected chi connectivity index (χ3v) is 1.39. The van der Waals surface area contributed by atoms with Crippen molar-refractivity contribution >= 4 is 5.78 Å². The third-order valence-electron chi connectivity index (χ3n) is 1.39. The molecule has 0 aliphatic carbocycles. The average Bonchev–Trinajstić information content (AvgIpc) is 2.34. The van der Waals surface area contributed by atoms with Crippen LogP contribution in [0.1, 0.15) is 0 Å². The van der Waals surface area contributed by atoms with Gasteiger partial charge in [0, 0.05) is 6.20 Å². The monoisotopic (exact) mass is 214 g/mol. The van der Waals surface area contributed by atoms with Crippen molar-refractivity contribution < 1.29 is 21.7 Å². The van der Waals surface area contributed by atoms with Crippen LogP contribution in [0.2, 0.25) is 0 Å². The Morgan fingerprint density at radius 3 is 3.00 bits per heavy atom. The van der Waals surface area contributed by atoms with E-state index in [0.717, 1.165) is 5.78 Å². The number of hydrogen-bond donors (Lipinski definition) is 0. The van der Waals surface area contributed by atoms with Crippen LogP contribution in [0.25, 0.3) is 5.78 Å². The Labute approximate surface area is 74.3 Å². The predicted molar refractivity (Wildman–Crippen MR) is 34.2 cm³/mol. The highest BCUT2D eigenvalue weighted by Crippen LogP contribution is 1.86. The fraction of sp³-hybridized carbons (Fsp3) is 0.167. The lowest BCUT2D eigenvalue weighted by atomic mass is 10.7. The average molecular weight is 215 g/mol. The van der Waals surface area contributed by atoms with Crippen molar-refractivity contribution in [1.82, 2.24) is 14.5 Å². The maximum absolute atomic E-state index is 4.03. The number of aromatic nitrogens is 4. The highest BCUT2D eigenvalue weighted by atomic mass is 79.9. The summed E-state index contributed by atoms with van der Waals surface area (Å²) in [7, 11) is 1.92. The van der Waals surface area contributed by atoms with Crippen molar-refractivity contribution in [2.75, 3.05) is 0 Å². The van der Waals surface area contributed by atoms with Crippen LogP contribution < -0.4 is 21.7 Å². The second-order valence-electron chi connectivity index (χ2n) is 2.08. The summed E-state index contributed by atoms with van der Waals surface area (Å²) >= 11 is 0. The molecule has 58 valence electrons. The van der Waals surface area contributed by atoms with Crippen molar-refractivity contribution in [2.45, 2.75) is 0 Å². The van der Waals surface area contributed by atoms with Gasteiger partial charge in [-0.05, 0) is 11.1 Å². The van der Waals surface area contributed by atoms with Gasteiger partial charge in [-0.1, -0.05) is 0 Å². The minimum atomic E-state index is 0. The molecule has 0 spiro atoms. The van der Waals surface area contributed by atoms with Crippen molar-refractivity contribution in [3.8, 4) is 0 Å². The molecule has 2 heterocycles. The molecule has 0 aliphatic rings. The Morgan fingerprint density at radius 1 is 1.45 bits per heavy atom. The molecule has 0 amide bonds. The molecule has 0 radical (unpaired) electrons. The molecular formula is C6H7BrN4. The molecule has 2 rings (SSSR count). The molecule has 0 bridgehead atoms. The molecule has 0 fully saturated rings. The topological polar surface area (TPSA) is 34.1 Å². The molecule has 5 heteroatoms. The van der Waals surface area contributed by atoms with Crippen LogP contribution in [0.15, 0.2) is 24.8 Å². The third kappa shape index (κ3) is 1.23. The summed E-state index contributed by atoms with van der Waals surface area (Å²) in [5.41, 5.74) is 0. The molecule has 2 aromatic heterocycles. The molecule has 0 saturated carbocycles. The van der Waals surface area contributed by atoms with E-state index in [-0.39, 0.29) is 17.0 Å². The van der Waals surface area contributed by atoms with E-state index in [2.05, 4.69) is 9.97 Å². The smallest absolute Gasteiger partial charge is 0.380 e. The summed E-state index contributed by atoms with van der Waals surface area (Å²) < 4.78 is 3.72. The van der Waals surface area contributed by atoms with E-state index in [1.807, 2.05) is 28.5 Å². The van der Waals surface area contributed by atoms with Gasteiger partial charge in [0.05, 0.1) is 6.20 Å². The molecule has 0 N–H and O–H groups in total. The van der Waals surface area contributed by atoms with E-state index in [9.17, 15) is 0 Å². The SMILES string of the molecule is C[n+]1cnc2ncccn21.[Br-]. The van der Waals surface area contributed by atoms with Crippen molar-refractivity contribution in [2.24, 2.45) is 7.05 Å². The van der Waals surface area contributed by atoms with E-state index in [4.69, 9.17) is 0 Å². The fourth-order valence-electron chi connectivity index (χ4n) is 0.885. The molecule has 4 nitrogen and oxygen atoms in total. The van der Waals surface area contributed by atoms with Crippen LogP contribution in [-0.2, 0) is 7.05 Å². The minimum Gasteiger partial charge on any atom is -1.00 e. The van der Waals surface area contributed by atoms with E-state index in [1.54, 1.807) is 12.5 Å². The fourth-order valence-corrected chi connectivity index (χ4v) is 0.885. The Bertz CT molecular complexity index is 356.